The monoisotopic (exact) mass is 300 g/mol. The van der Waals surface area contributed by atoms with Gasteiger partial charge in [0.25, 0.3) is 5.91 Å². The van der Waals surface area contributed by atoms with Gasteiger partial charge in [0.15, 0.2) is 0 Å². The maximum atomic E-state index is 12.1. The summed E-state index contributed by atoms with van der Waals surface area (Å²) < 4.78 is 1.59. The minimum Gasteiger partial charge on any atom is -0.369 e. The Bertz CT molecular complexity index is 674. The van der Waals surface area contributed by atoms with Gasteiger partial charge < -0.3 is 11.1 Å². The van der Waals surface area contributed by atoms with E-state index in [0.29, 0.717) is 12.2 Å². The Morgan fingerprint density at radius 2 is 1.86 bits per heavy atom. The van der Waals surface area contributed by atoms with Crippen LogP contribution in [0.2, 0.25) is 0 Å². The van der Waals surface area contributed by atoms with Crippen molar-refractivity contribution in [2.75, 3.05) is 0 Å². The number of nitrogens with one attached hydrogen (secondary N) is 1. The molecule has 0 aliphatic rings. The fourth-order valence-corrected chi connectivity index (χ4v) is 2.16. The fraction of sp³-hybridized carbons (Fsp3) is 0.312. The molecule has 0 aliphatic carbocycles. The number of carbonyl (C=O) groups excluding carboxylic acids is 2. The molecule has 0 spiro atoms. The number of aryl methyl sites for hydroxylation is 2. The van der Waals surface area contributed by atoms with Crippen molar-refractivity contribution in [2.45, 2.75) is 26.3 Å². The molecule has 1 aromatic carbocycles. The molecule has 6 heteroatoms. The van der Waals surface area contributed by atoms with E-state index in [2.05, 4.69) is 10.4 Å². The molecule has 0 atom stereocenters. The molecule has 1 aromatic heterocycles. The molecule has 6 nitrogen and oxygen atoms in total. The van der Waals surface area contributed by atoms with Gasteiger partial charge in [0.2, 0.25) is 5.91 Å². The van der Waals surface area contributed by atoms with Gasteiger partial charge in [-0.2, -0.15) is 5.10 Å². The molecule has 1 heterocycles. The lowest BCUT2D eigenvalue weighted by Gasteiger charge is -2.06. The zero-order valence-corrected chi connectivity index (χ0v) is 12.8. The van der Waals surface area contributed by atoms with Crippen molar-refractivity contribution < 1.29 is 9.59 Å². The van der Waals surface area contributed by atoms with Crippen molar-refractivity contribution in [1.29, 1.82) is 0 Å². The highest BCUT2D eigenvalue weighted by Crippen LogP contribution is 2.07. The van der Waals surface area contributed by atoms with Crippen LogP contribution in [0.1, 0.15) is 34.2 Å². The predicted molar refractivity (Wildman–Crippen MR) is 83.1 cm³/mol. The van der Waals surface area contributed by atoms with Crippen LogP contribution < -0.4 is 11.1 Å². The molecule has 22 heavy (non-hydrogen) atoms. The summed E-state index contributed by atoms with van der Waals surface area (Å²) >= 11 is 0. The number of carbonyl (C=O) groups is 2. The number of primary amides is 1. The highest BCUT2D eigenvalue weighted by atomic mass is 16.2. The SMILES string of the molecule is CCc1cc(C(=O)NCc2ccc(CC(N)=O)cc2)n(C)n1. The number of amides is 2. The standard InChI is InChI=1S/C16H20N4O2/c1-3-13-9-14(20(2)19-13)16(22)18-10-12-6-4-11(5-7-12)8-15(17)21/h4-7,9H,3,8,10H2,1-2H3,(H2,17,21)(H,18,22). The lowest BCUT2D eigenvalue weighted by atomic mass is 10.1. The van der Waals surface area contributed by atoms with Crippen molar-refractivity contribution in [3.8, 4) is 0 Å². The van der Waals surface area contributed by atoms with Crippen LogP contribution in [0.25, 0.3) is 0 Å². The van der Waals surface area contributed by atoms with Crippen LogP contribution in [0.15, 0.2) is 30.3 Å². The normalized spacial score (nSPS) is 10.5. The van der Waals surface area contributed by atoms with Gasteiger partial charge in [-0.05, 0) is 23.6 Å². The molecule has 0 aliphatic heterocycles. The second-order valence-electron chi connectivity index (χ2n) is 5.14. The number of aromatic nitrogens is 2. The van der Waals surface area contributed by atoms with Crippen LogP contribution in [-0.2, 0) is 31.2 Å². The summed E-state index contributed by atoms with van der Waals surface area (Å²) in [7, 11) is 1.76. The van der Waals surface area contributed by atoms with Gasteiger partial charge in [-0.1, -0.05) is 31.2 Å². The fourth-order valence-electron chi connectivity index (χ4n) is 2.16. The first-order valence-electron chi connectivity index (χ1n) is 7.16. The summed E-state index contributed by atoms with van der Waals surface area (Å²) in [5, 5.41) is 7.12. The van der Waals surface area contributed by atoms with Crippen LogP contribution in [0.4, 0.5) is 0 Å². The maximum absolute atomic E-state index is 12.1. The number of rotatable bonds is 6. The predicted octanol–water partition coefficient (Wildman–Crippen LogP) is 0.940. The van der Waals surface area contributed by atoms with Crippen molar-refractivity contribution in [1.82, 2.24) is 15.1 Å². The molecular formula is C16H20N4O2. The first-order valence-corrected chi connectivity index (χ1v) is 7.16. The number of hydrogen-bond acceptors (Lipinski definition) is 3. The summed E-state index contributed by atoms with van der Waals surface area (Å²) in [6.07, 6.45) is 1.02. The second kappa shape index (κ2) is 6.89. The van der Waals surface area contributed by atoms with Crippen LogP contribution >= 0.6 is 0 Å². The number of hydrogen-bond donors (Lipinski definition) is 2. The largest absolute Gasteiger partial charge is 0.369 e. The Morgan fingerprint density at radius 1 is 1.23 bits per heavy atom. The molecule has 2 amide bonds. The van der Waals surface area contributed by atoms with E-state index in [4.69, 9.17) is 5.73 Å². The quantitative estimate of drug-likeness (QED) is 0.832. The highest BCUT2D eigenvalue weighted by molar-refractivity contribution is 5.92. The van der Waals surface area contributed by atoms with Crippen LogP contribution in [0.3, 0.4) is 0 Å². The Labute approximate surface area is 129 Å². The summed E-state index contributed by atoms with van der Waals surface area (Å²) in [6.45, 7) is 2.42. The molecule has 0 unspecified atom stereocenters. The zero-order chi connectivity index (χ0) is 16.1. The van der Waals surface area contributed by atoms with E-state index in [1.165, 1.54) is 0 Å². The van der Waals surface area contributed by atoms with E-state index in [0.717, 1.165) is 23.2 Å². The lowest BCUT2D eigenvalue weighted by Crippen LogP contribution is -2.25. The lowest BCUT2D eigenvalue weighted by molar-refractivity contribution is -0.117. The molecule has 116 valence electrons. The van der Waals surface area contributed by atoms with E-state index in [1.54, 1.807) is 17.8 Å². The first-order chi connectivity index (χ1) is 10.5. The third kappa shape index (κ3) is 3.94. The van der Waals surface area contributed by atoms with E-state index in [1.807, 2.05) is 31.2 Å². The zero-order valence-electron chi connectivity index (χ0n) is 12.8. The van der Waals surface area contributed by atoms with E-state index in [-0.39, 0.29) is 18.2 Å². The summed E-state index contributed by atoms with van der Waals surface area (Å²) in [4.78, 5) is 23.0. The number of nitrogens with two attached hydrogens (primary N) is 1. The molecule has 0 bridgehead atoms. The maximum Gasteiger partial charge on any atom is 0.269 e. The molecule has 0 saturated carbocycles. The van der Waals surface area contributed by atoms with Crippen molar-refractivity contribution in [3.05, 3.63) is 52.8 Å². The van der Waals surface area contributed by atoms with Crippen molar-refractivity contribution in [2.24, 2.45) is 12.8 Å². The van der Waals surface area contributed by atoms with E-state index in [9.17, 15) is 9.59 Å². The molecule has 2 aromatic rings. The topological polar surface area (TPSA) is 90.0 Å². The molecule has 2 rings (SSSR count). The average Bonchev–Trinajstić information content (AvgIpc) is 2.87. The van der Waals surface area contributed by atoms with Crippen LogP contribution in [-0.4, -0.2) is 21.6 Å². The van der Waals surface area contributed by atoms with Crippen LogP contribution in [0.5, 0.6) is 0 Å². The first kappa shape index (κ1) is 15.8. The van der Waals surface area contributed by atoms with Gasteiger partial charge in [0.05, 0.1) is 12.1 Å². The molecule has 0 radical (unpaired) electrons. The summed E-state index contributed by atoms with van der Waals surface area (Å²) in [6, 6.07) is 9.22. The third-order valence-corrected chi connectivity index (χ3v) is 3.38. The molecule has 3 N–H and O–H groups in total. The smallest absolute Gasteiger partial charge is 0.269 e. The highest BCUT2D eigenvalue weighted by Gasteiger charge is 2.12. The number of nitrogens with zero attached hydrogens (tertiary/aromatic N) is 2. The van der Waals surface area contributed by atoms with Gasteiger partial charge in [0, 0.05) is 13.6 Å². The minimum atomic E-state index is -0.357. The Morgan fingerprint density at radius 3 is 2.41 bits per heavy atom. The molecular weight excluding hydrogens is 280 g/mol. The summed E-state index contributed by atoms with van der Waals surface area (Å²) in [5.41, 5.74) is 8.41. The minimum absolute atomic E-state index is 0.157. The third-order valence-electron chi connectivity index (χ3n) is 3.38. The molecule has 0 saturated heterocycles. The van der Waals surface area contributed by atoms with Gasteiger partial charge in [-0.25, -0.2) is 0 Å². The van der Waals surface area contributed by atoms with E-state index >= 15 is 0 Å². The second-order valence-corrected chi connectivity index (χ2v) is 5.14. The Hall–Kier alpha value is -2.63. The van der Waals surface area contributed by atoms with Gasteiger partial charge in [-0.15, -0.1) is 0 Å². The van der Waals surface area contributed by atoms with Crippen molar-refractivity contribution in [3.63, 3.8) is 0 Å². The van der Waals surface area contributed by atoms with E-state index < -0.39 is 0 Å². The van der Waals surface area contributed by atoms with Crippen LogP contribution in [0, 0.1) is 0 Å². The molecule has 0 fully saturated rings. The van der Waals surface area contributed by atoms with Gasteiger partial charge >= 0.3 is 0 Å². The Balaban J connectivity index is 1.95. The van der Waals surface area contributed by atoms with Gasteiger partial charge in [-0.3, -0.25) is 14.3 Å². The number of benzene rings is 1. The average molecular weight is 300 g/mol. The summed E-state index contributed by atoms with van der Waals surface area (Å²) in [5.74, 6) is -0.514. The Kier molecular flexibility index (Phi) is 4.93. The van der Waals surface area contributed by atoms with Gasteiger partial charge in [0.1, 0.15) is 5.69 Å². The van der Waals surface area contributed by atoms with Crippen molar-refractivity contribution >= 4 is 11.8 Å².